The molecule has 208 valence electrons. The summed E-state index contributed by atoms with van der Waals surface area (Å²) in [5.74, 6) is 0.842. The summed E-state index contributed by atoms with van der Waals surface area (Å²) in [6, 6.07) is 2.78. The Kier molecular flexibility index (Phi) is 8.18. The molecule has 1 saturated heterocycles. The first-order valence-corrected chi connectivity index (χ1v) is 12.8. The van der Waals surface area contributed by atoms with Gasteiger partial charge in [0, 0.05) is 17.8 Å². The van der Waals surface area contributed by atoms with Crippen molar-refractivity contribution in [3.63, 3.8) is 0 Å². The van der Waals surface area contributed by atoms with Crippen molar-refractivity contribution in [2.75, 3.05) is 11.5 Å². The number of nitrogens with one attached hydrogen (secondary N) is 2. The van der Waals surface area contributed by atoms with Gasteiger partial charge in [0.2, 0.25) is 0 Å². The van der Waals surface area contributed by atoms with Crippen LogP contribution in [0.4, 0.5) is 26.3 Å². The van der Waals surface area contributed by atoms with Crippen LogP contribution in [0.15, 0.2) is 42.9 Å². The first-order valence-electron chi connectivity index (χ1n) is 11.7. The third-order valence-corrected chi connectivity index (χ3v) is 6.99. The van der Waals surface area contributed by atoms with E-state index in [-0.39, 0.29) is 29.7 Å². The third-order valence-electron chi connectivity index (χ3n) is 5.94. The highest BCUT2D eigenvalue weighted by molar-refractivity contribution is 7.99. The molecule has 3 aromatic rings. The summed E-state index contributed by atoms with van der Waals surface area (Å²) < 4.78 is 80.2. The fraction of sp³-hybridized carbons (Fsp3) is 0.375. The molecular formula is C24H22F6N6O2S. The quantitative estimate of drug-likeness (QED) is 0.411. The Hall–Kier alpha value is -3.62. The number of pyridine rings is 1. The van der Waals surface area contributed by atoms with E-state index in [1.807, 2.05) is 11.8 Å². The van der Waals surface area contributed by atoms with Gasteiger partial charge in [0.15, 0.2) is 11.6 Å². The van der Waals surface area contributed by atoms with Crippen molar-refractivity contribution in [3.8, 4) is 5.82 Å². The minimum Gasteiger partial charge on any atom is -0.349 e. The van der Waals surface area contributed by atoms with Crippen LogP contribution in [0.1, 0.15) is 63.5 Å². The Morgan fingerprint density at radius 1 is 0.949 bits per heavy atom. The van der Waals surface area contributed by atoms with E-state index in [9.17, 15) is 35.9 Å². The van der Waals surface area contributed by atoms with Crippen molar-refractivity contribution in [1.29, 1.82) is 0 Å². The fourth-order valence-corrected chi connectivity index (χ4v) is 5.02. The lowest BCUT2D eigenvalue weighted by atomic mass is 10.0. The smallest absolute Gasteiger partial charge is 0.349 e. The van der Waals surface area contributed by atoms with Crippen molar-refractivity contribution in [3.05, 3.63) is 70.9 Å². The standard InChI is InChI=1S/C24H22F6N6O2S/c1-13(34-22(38)15-8-16(23(25,26)27)10-17(9-15)24(28,29)30)20-32-12-33-36(20)19-3-2-14(11-31-19)21(37)35-18-4-6-39-7-5-18/h2-3,8-13,18H,4-7H2,1H3,(H,34,38)(H,35,37)/t13-/m0/s1. The van der Waals surface area contributed by atoms with Gasteiger partial charge in [-0.15, -0.1) is 0 Å². The zero-order valence-corrected chi connectivity index (χ0v) is 21.1. The highest BCUT2D eigenvalue weighted by atomic mass is 32.2. The maximum atomic E-state index is 13.2. The molecule has 2 amide bonds. The summed E-state index contributed by atoms with van der Waals surface area (Å²) in [5.41, 5.74) is -3.70. The predicted octanol–water partition coefficient (Wildman–Crippen LogP) is 4.82. The molecule has 0 radical (unpaired) electrons. The van der Waals surface area contributed by atoms with Crippen LogP contribution >= 0.6 is 11.8 Å². The summed E-state index contributed by atoms with van der Waals surface area (Å²) in [6.45, 7) is 1.43. The monoisotopic (exact) mass is 572 g/mol. The van der Waals surface area contributed by atoms with Crippen molar-refractivity contribution in [2.45, 2.75) is 44.2 Å². The summed E-state index contributed by atoms with van der Waals surface area (Å²) in [6.07, 6.45) is -5.93. The number of thioether (sulfide) groups is 1. The molecule has 0 aliphatic carbocycles. The minimum absolute atomic E-state index is 0.0549. The lowest BCUT2D eigenvalue weighted by Crippen LogP contribution is -2.37. The van der Waals surface area contributed by atoms with E-state index in [1.165, 1.54) is 29.9 Å². The molecule has 0 bridgehead atoms. The maximum absolute atomic E-state index is 13.2. The molecule has 0 unspecified atom stereocenters. The Morgan fingerprint density at radius 3 is 2.15 bits per heavy atom. The highest BCUT2D eigenvalue weighted by Crippen LogP contribution is 2.36. The molecule has 0 saturated carbocycles. The molecule has 2 N–H and O–H groups in total. The summed E-state index contributed by atoms with van der Waals surface area (Å²) in [5, 5.41) is 9.36. The molecule has 1 aliphatic rings. The second kappa shape index (κ2) is 11.2. The number of halogens is 6. The molecule has 15 heteroatoms. The Labute approximate surface area is 222 Å². The van der Waals surface area contributed by atoms with Crippen LogP contribution in [0.3, 0.4) is 0 Å². The van der Waals surface area contributed by atoms with Gasteiger partial charge >= 0.3 is 12.4 Å². The average Bonchev–Trinajstić information content (AvgIpc) is 3.38. The molecule has 1 aliphatic heterocycles. The van der Waals surface area contributed by atoms with E-state index in [4.69, 9.17) is 0 Å². The number of aromatic nitrogens is 4. The summed E-state index contributed by atoms with van der Waals surface area (Å²) in [7, 11) is 0. The first kappa shape index (κ1) is 28.4. The molecule has 1 atom stereocenters. The van der Waals surface area contributed by atoms with Gasteiger partial charge < -0.3 is 10.6 Å². The molecule has 8 nitrogen and oxygen atoms in total. The van der Waals surface area contributed by atoms with E-state index >= 15 is 0 Å². The van der Waals surface area contributed by atoms with E-state index in [0.29, 0.717) is 17.7 Å². The van der Waals surface area contributed by atoms with E-state index in [2.05, 4.69) is 25.7 Å². The Bertz CT molecular complexity index is 1300. The van der Waals surface area contributed by atoms with Gasteiger partial charge in [-0.05, 0) is 61.6 Å². The molecule has 39 heavy (non-hydrogen) atoms. The van der Waals surface area contributed by atoms with Gasteiger partial charge in [0.25, 0.3) is 11.8 Å². The number of rotatable bonds is 6. The number of amides is 2. The van der Waals surface area contributed by atoms with Crippen molar-refractivity contribution in [2.24, 2.45) is 0 Å². The van der Waals surface area contributed by atoms with Gasteiger partial charge in [-0.1, -0.05) is 0 Å². The van der Waals surface area contributed by atoms with E-state index in [0.717, 1.165) is 30.7 Å². The van der Waals surface area contributed by atoms with E-state index < -0.39 is 41.0 Å². The number of alkyl halides is 6. The predicted molar refractivity (Wildman–Crippen MR) is 129 cm³/mol. The Morgan fingerprint density at radius 2 is 1.59 bits per heavy atom. The zero-order chi connectivity index (χ0) is 28.4. The molecule has 2 aromatic heterocycles. The van der Waals surface area contributed by atoms with Crippen LogP contribution in [0, 0.1) is 0 Å². The van der Waals surface area contributed by atoms with Crippen LogP contribution in [0.25, 0.3) is 5.82 Å². The lowest BCUT2D eigenvalue weighted by Gasteiger charge is -2.22. The van der Waals surface area contributed by atoms with Gasteiger partial charge in [-0.2, -0.15) is 47.9 Å². The minimum atomic E-state index is -5.09. The summed E-state index contributed by atoms with van der Waals surface area (Å²) >= 11 is 1.84. The second-order valence-electron chi connectivity index (χ2n) is 8.78. The third kappa shape index (κ3) is 6.88. The molecule has 1 fully saturated rings. The van der Waals surface area contributed by atoms with Crippen LogP contribution in [0.5, 0.6) is 0 Å². The van der Waals surface area contributed by atoms with Crippen molar-refractivity contribution < 1.29 is 35.9 Å². The maximum Gasteiger partial charge on any atom is 0.416 e. The normalized spacial score (nSPS) is 15.6. The van der Waals surface area contributed by atoms with Crippen molar-refractivity contribution >= 4 is 23.6 Å². The first-order chi connectivity index (χ1) is 18.3. The molecule has 4 rings (SSSR count). The summed E-state index contributed by atoms with van der Waals surface area (Å²) in [4.78, 5) is 33.5. The largest absolute Gasteiger partial charge is 0.416 e. The Balaban J connectivity index is 1.50. The van der Waals surface area contributed by atoms with Crippen LogP contribution < -0.4 is 10.6 Å². The van der Waals surface area contributed by atoms with Crippen molar-refractivity contribution in [1.82, 2.24) is 30.4 Å². The molecule has 3 heterocycles. The second-order valence-corrected chi connectivity index (χ2v) is 10.0. The number of carbonyl (C=O) groups is 2. The van der Waals surface area contributed by atoms with Crippen LogP contribution in [-0.4, -0.2) is 49.1 Å². The SMILES string of the molecule is C[C@H](NC(=O)c1cc(C(F)(F)F)cc(C(F)(F)F)c1)c1ncnn1-c1ccc(C(=O)NC2CCSCC2)cn1. The topological polar surface area (TPSA) is 102 Å². The number of benzene rings is 1. The molecule has 0 spiro atoms. The van der Waals surface area contributed by atoms with Gasteiger partial charge in [-0.25, -0.2) is 9.97 Å². The molecular weight excluding hydrogens is 550 g/mol. The number of hydrogen-bond donors (Lipinski definition) is 2. The van der Waals surface area contributed by atoms with Gasteiger partial charge in [-0.3, -0.25) is 9.59 Å². The highest BCUT2D eigenvalue weighted by Gasteiger charge is 2.37. The number of carbonyl (C=O) groups excluding carboxylic acids is 2. The number of nitrogens with zero attached hydrogens (tertiary/aromatic N) is 4. The zero-order valence-electron chi connectivity index (χ0n) is 20.3. The van der Waals surface area contributed by atoms with Crippen LogP contribution in [-0.2, 0) is 12.4 Å². The fourth-order valence-electron chi connectivity index (χ4n) is 3.91. The van der Waals surface area contributed by atoms with E-state index in [1.54, 1.807) is 0 Å². The average molecular weight is 573 g/mol. The lowest BCUT2D eigenvalue weighted by molar-refractivity contribution is -0.143. The molecule has 1 aromatic carbocycles. The van der Waals surface area contributed by atoms with Gasteiger partial charge in [0.05, 0.1) is 22.7 Å². The number of hydrogen-bond acceptors (Lipinski definition) is 6. The van der Waals surface area contributed by atoms with Crippen LogP contribution in [0.2, 0.25) is 0 Å². The van der Waals surface area contributed by atoms with Gasteiger partial charge in [0.1, 0.15) is 6.33 Å².